The minimum atomic E-state index is -3.14. The second-order valence-electron chi connectivity index (χ2n) is 4.71. The number of hydrogen-bond donors (Lipinski definition) is 0. The molecule has 100 valence electrons. The van der Waals surface area contributed by atoms with Gasteiger partial charge in [0.05, 0.1) is 4.90 Å². The summed E-state index contributed by atoms with van der Waals surface area (Å²) in [6.07, 6.45) is 1.22. The molecule has 19 heavy (non-hydrogen) atoms. The Balaban J connectivity index is 2.52. The third-order valence-electron chi connectivity index (χ3n) is 3.18. The first kappa shape index (κ1) is 14.3. The first-order valence-corrected chi connectivity index (χ1v) is 8.55. The molecule has 0 aliphatic carbocycles. The molecule has 0 atom stereocenters. The monoisotopic (exact) mass is 338 g/mol. The molecule has 2 aromatic carbocycles. The van der Waals surface area contributed by atoms with Crippen molar-refractivity contribution in [3.8, 4) is 11.1 Å². The fourth-order valence-electron chi connectivity index (χ4n) is 1.88. The molecular formula is C15H15BrO2S. The maximum Gasteiger partial charge on any atom is 0.175 e. The van der Waals surface area contributed by atoms with Gasteiger partial charge in [0.25, 0.3) is 0 Å². The Hall–Kier alpha value is -1.13. The second kappa shape index (κ2) is 5.10. The summed E-state index contributed by atoms with van der Waals surface area (Å²) >= 11 is 3.56. The van der Waals surface area contributed by atoms with Crippen molar-refractivity contribution in [3.63, 3.8) is 0 Å². The zero-order chi connectivity index (χ0) is 14.2. The molecule has 0 aliphatic rings. The topological polar surface area (TPSA) is 34.1 Å². The lowest BCUT2D eigenvalue weighted by Gasteiger charge is -2.09. The van der Waals surface area contributed by atoms with Crippen LogP contribution in [0, 0.1) is 13.8 Å². The van der Waals surface area contributed by atoms with Crippen LogP contribution in [0.1, 0.15) is 11.1 Å². The van der Waals surface area contributed by atoms with Crippen LogP contribution in [0.5, 0.6) is 0 Å². The van der Waals surface area contributed by atoms with Crippen molar-refractivity contribution < 1.29 is 8.42 Å². The van der Waals surface area contributed by atoms with Crippen molar-refractivity contribution in [2.24, 2.45) is 0 Å². The molecule has 0 aliphatic heterocycles. The van der Waals surface area contributed by atoms with E-state index in [1.165, 1.54) is 17.4 Å². The third-order valence-corrected chi connectivity index (χ3v) is 4.96. The van der Waals surface area contributed by atoms with Crippen LogP contribution in [-0.4, -0.2) is 14.7 Å². The summed E-state index contributed by atoms with van der Waals surface area (Å²) < 4.78 is 23.9. The molecule has 0 saturated heterocycles. The van der Waals surface area contributed by atoms with E-state index in [1.54, 1.807) is 12.1 Å². The van der Waals surface area contributed by atoms with Gasteiger partial charge in [-0.2, -0.15) is 0 Å². The Kier molecular flexibility index (Phi) is 3.83. The molecule has 2 rings (SSSR count). The summed E-state index contributed by atoms with van der Waals surface area (Å²) in [5.41, 5.74) is 4.51. The second-order valence-corrected chi connectivity index (χ2v) is 7.58. The fraction of sp³-hybridized carbons (Fsp3) is 0.200. The smallest absolute Gasteiger partial charge is 0.175 e. The van der Waals surface area contributed by atoms with E-state index >= 15 is 0 Å². The van der Waals surface area contributed by atoms with E-state index in [9.17, 15) is 8.42 Å². The van der Waals surface area contributed by atoms with Gasteiger partial charge in [0.15, 0.2) is 9.84 Å². The van der Waals surface area contributed by atoms with Crippen LogP contribution in [0.4, 0.5) is 0 Å². The van der Waals surface area contributed by atoms with Gasteiger partial charge < -0.3 is 0 Å². The van der Waals surface area contributed by atoms with Gasteiger partial charge >= 0.3 is 0 Å². The molecule has 0 N–H and O–H groups in total. The minimum absolute atomic E-state index is 0.344. The first-order valence-electron chi connectivity index (χ1n) is 5.86. The maximum atomic E-state index is 11.4. The SMILES string of the molecule is Cc1cc(Br)c(-c2ccc(S(C)(=O)=O)cc2)cc1C. The molecule has 0 unspecified atom stereocenters. The van der Waals surface area contributed by atoms with Gasteiger partial charge in [0.2, 0.25) is 0 Å². The average Bonchev–Trinajstić information content (AvgIpc) is 2.33. The Morgan fingerprint density at radius 2 is 1.47 bits per heavy atom. The van der Waals surface area contributed by atoms with Gasteiger partial charge in [-0.1, -0.05) is 34.1 Å². The average molecular weight is 339 g/mol. The largest absolute Gasteiger partial charge is 0.224 e. The predicted octanol–water partition coefficient (Wildman–Crippen LogP) is 4.14. The molecule has 4 heteroatoms. The fourth-order valence-corrected chi connectivity index (χ4v) is 3.20. The molecule has 0 bridgehead atoms. The Morgan fingerprint density at radius 3 is 2.00 bits per heavy atom. The number of rotatable bonds is 2. The lowest BCUT2D eigenvalue weighted by molar-refractivity contribution is 0.602. The number of halogens is 1. The van der Waals surface area contributed by atoms with Crippen LogP contribution in [0.15, 0.2) is 45.8 Å². The number of sulfone groups is 1. The lowest BCUT2D eigenvalue weighted by Crippen LogP contribution is -1.96. The van der Waals surface area contributed by atoms with E-state index in [4.69, 9.17) is 0 Å². The van der Waals surface area contributed by atoms with Gasteiger partial charge in [-0.25, -0.2) is 8.42 Å². The number of hydrogen-bond acceptors (Lipinski definition) is 2. The zero-order valence-corrected chi connectivity index (χ0v) is 13.5. The van der Waals surface area contributed by atoms with Crippen LogP contribution < -0.4 is 0 Å². The van der Waals surface area contributed by atoms with Gasteiger partial charge in [-0.3, -0.25) is 0 Å². The normalized spacial score (nSPS) is 11.6. The summed E-state index contributed by atoms with van der Waals surface area (Å²) in [6, 6.07) is 11.2. The van der Waals surface area contributed by atoms with E-state index in [1.807, 2.05) is 12.1 Å². The molecular weight excluding hydrogens is 324 g/mol. The van der Waals surface area contributed by atoms with Crippen molar-refractivity contribution in [1.82, 2.24) is 0 Å². The number of benzene rings is 2. The van der Waals surface area contributed by atoms with Crippen molar-refractivity contribution in [2.75, 3.05) is 6.26 Å². The summed E-state index contributed by atoms with van der Waals surface area (Å²) in [5.74, 6) is 0. The molecule has 0 aromatic heterocycles. The van der Waals surface area contributed by atoms with Gasteiger partial charge in [-0.05, 0) is 54.3 Å². The molecule has 0 amide bonds. The predicted molar refractivity (Wildman–Crippen MR) is 82.2 cm³/mol. The Morgan fingerprint density at radius 1 is 0.947 bits per heavy atom. The first-order chi connectivity index (χ1) is 8.79. The molecule has 0 spiro atoms. The van der Waals surface area contributed by atoms with E-state index < -0.39 is 9.84 Å². The third kappa shape index (κ3) is 3.07. The van der Waals surface area contributed by atoms with Crippen LogP contribution in [0.2, 0.25) is 0 Å². The quantitative estimate of drug-likeness (QED) is 0.824. The minimum Gasteiger partial charge on any atom is -0.224 e. The van der Waals surface area contributed by atoms with E-state index in [-0.39, 0.29) is 0 Å². The Bertz CT molecular complexity index is 717. The van der Waals surface area contributed by atoms with Crippen LogP contribution in [0.3, 0.4) is 0 Å². The molecule has 0 radical (unpaired) electrons. The van der Waals surface area contributed by atoms with Crippen LogP contribution in [-0.2, 0) is 9.84 Å². The maximum absolute atomic E-state index is 11.4. The van der Waals surface area contributed by atoms with Crippen molar-refractivity contribution in [1.29, 1.82) is 0 Å². The molecule has 2 nitrogen and oxygen atoms in total. The van der Waals surface area contributed by atoms with E-state index in [0.29, 0.717) is 4.90 Å². The Labute approximate surface area is 122 Å². The summed E-state index contributed by atoms with van der Waals surface area (Å²) in [5, 5.41) is 0. The summed E-state index contributed by atoms with van der Waals surface area (Å²) in [4.78, 5) is 0.344. The van der Waals surface area contributed by atoms with Crippen molar-refractivity contribution in [2.45, 2.75) is 18.7 Å². The van der Waals surface area contributed by atoms with Crippen molar-refractivity contribution >= 4 is 25.8 Å². The van der Waals surface area contributed by atoms with Gasteiger partial charge in [0, 0.05) is 10.7 Å². The van der Waals surface area contributed by atoms with E-state index in [0.717, 1.165) is 15.6 Å². The molecule has 0 heterocycles. The summed E-state index contributed by atoms with van der Waals surface area (Å²) in [7, 11) is -3.14. The van der Waals surface area contributed by atoms with Crippen LogP contribution >= 0.6 is 15.9 Å². The lowest BCUT2D eigenvalue weighted by atomic mass is 10.0. The van der Waals surface area contributed by atoms with E-state index in [2.05, 4.69) is 41.9 Å². The highest BCUT2D eigenvalue weighted by Crippen LogP contribution is 2.31. The summed E-state index contributed by atoms with van der Waals surface area (Å²) in [6.45, 7) is 4.13. The van der Waals surface area contributed by atoms with Crippen molar-refractivity contribution in [3.05, 3.63) is 52.0 Å². The standard InChI is InChI=1S/C15H15BrO2S/c1-10-8-14(15(16)9-11(10)2)12-4-6-13(7-5-12)19(3,17)18/h4-9H,1-3H3. The number of aryl methyl sites for hydroxylation is 2. The highest BCUT2D eigenvalue weighted by Gasteiger charge is 2.09. The van der Waals surface area contributed by atoms with Crippen LogP contribution in [0.25, 0.3) is 11.1 Å². The highest BCUT2D eigenvalue weighted by molar-refractivity contribution is 9.10. The molecule has 0 fully saturated rings. The van der Waals surface area contributed by atoms with Gasteiger partial charge in [0.1, 0.15) is 0 Å². The zero-order valence-electron chi connectivity index (χ0n) is 11.1. The highest BCUT2D eigenvalue weighted by atomic mass is 79.9. The van der Waals surface area contributed by atoms with Gasteiger partial charge in [-0.15, -0.1) is 0 Å². The molecule has 0 saturated carbocycles. The molecule has 2 aromatic rings.